The number of aryl methyl sites for hydroxylation is 2. The van der Waals surface area contributed by atoms with E-state index in [4.69, 9.17) is 0 Å². The molecule has 0 aromatic carbocycles. The van der Waals surface area contributed by atoms with Crippen LogP contribution in [0.4, 0.5) is 5.82 Å². The summed E-state index contributed by atoms with van der Waals surface area (Å²) in [7, 11) is 2.18. The van der Waals surface area contributed by atoms with Gasteiger partial charge in [0.1, 0.15) is 0 Å². The molecule has 1 aromatic heterocycles. The van der Waals surface area contributed by atoms with Crippen molar-refractivity contribution in [1.82, 2.24) is 20.0 Å². The number of nitrogens with zero attached hydrogens (tertiary/aromatic N) is 5. The third-order valence-electron chi connectivity index (χ3n) is 6.01. The molecular weight excluding hydrogens is 314 g/mol. The molecule has 0 bridgehead atoms. The average molecular weight is 343 g/mol. The van der Waals surface area contributed by atoms with Gasteiger partial charge in [0.05, 0.1) is 5.69 Å². The molecule has 0 atom stereocenters. The second kappa shape index (κ2) is 7.28. The Bertz CT molecular complexity index is 628. The zero-order chi connectivity index (χ0) is 17.2. The van der Waals surface area contributed by atoms with Gasteiger partial charge in [-0.1, -0.05) is 0 Å². The predicted molar refractivity (Wildman–Crippen MR) is 97.7 cm³/mol. The lowest BCUT2D eigenvalue weighted by molar-refractivity contribution is -0.133. The van der Waals surface area contributed by atoms with Crippen molar-refractivity contribution in [2.24, 2.45) is 0 Å². The molecule has 3 heterocycles. The number of rotatable bonds is 5. The van der Waals surface area contributed by atoms with Crippen LogP contribution >= 0.6 is 0 Å². The van der Waals surface area contributed by atoms with Gasteiger partial charge in [-0.2, -0.15) is 5.10 Å². The molecule has 2 saturated heterocycles. The summed E-state index contributed by atoms with van der Waals surface area (Å²) in [6.45, 7) is 4.79. The monoisotopic (exact) mass is 343 g/mol. The van der Waals surface area contributed by atoms with Crippen LogP contribution in [0.2, 0.25) is 0 Å². The summed E-state index contributed by atoms with van der Waals surface area (Å²) in [4.78, 5) is 18.7. The Morgan fingerprint density at radius 3 is 2.76 bits per heavy atom. The molecule has 4 rings (SSSR count). The lowest BCUT2D eigenvalue weighted by atomic mass is 9.96. The zero-order valence-electron chi connectivity index (χ0n) is 15.3. The average Bonchev–Trinajstić information content (AvgIpc) is 2.60. The van der Waals surface area contributed by atoms with E-state index in [0.717, 1.165) is 70.6 Å². The van der Waals surface area contributed by atoms with Crippen molar-refractivity contribution in [3.63, 3.8) is 0 Å². The maximum Gasteiger partial charge on any atom is 0.222 e. The first-order valence-electron chi connectivity index (χ1n) is 9.79. The zero-order valence-corrected chi connectivity index (χ0v) is 15.3. The van der Waals surface area contributed by atoms with Crippen molar-refractivity contribution in [2.45, 2.75) is 51.0 Å². The third-order valence-corrected chi connectivity index (χ3v) is 6.01. The highest BCUT2D eigenvalue weighted by molar-refractivity contribution is 5.76. The van der Waals surface area contributed by atoms with Crippen molar-refractivity contribution in [3.05, 3.63) is 17.3 Å². The first kappa shape index (κ1) is 16.8. The molecule has 1 aliphatic carbocycles. The van der Waals surface area contributed by atoms with Gasteiger partial charge in [0.25, 0.3) is 0 Å². The van der Waals surface area contributed by atoms with Crippen LogP contribution in [-0.4, -0.2) is 71.7 Å². The molecule has 6 nitrogen and oxygen atoms in total. The summed E-state index contributed by atoms with van der Waals surface area (Å²) >= 11 is 0. The van der Waals surface area contributed by atoms with Crippen LogP contribution < -0.4 is 4.90 Å². The van der Waals surface area contributed by atoms with Gasteiger partial charge >= 0.3 is 0 Å². The van der Waals surface area contributed by atoms with Crippen molar-refractivity contribution in [3.8, 4) is 0 Å². The summed E-state index contributed by atoms with van der Waals surface area (Å²) in [6, 6.07) is 2.81. The summed E-state index contributed by atoms with van der Waals surface area (Å²) in [5, 5.41) is 8.89. The number of aromatic nitrogens is 2. The van der Waals surface area contributed by atoms with E-state index in [9.17, 15) is 4.79 Å². The van der Waals surface area contributed by atoms with E-state index in [0.29, 0.717) is 11.9 Å². The molecule has 3 aliphatic rings. The number of hydrogen-bond acceptors (Lipinski definition) is 5. The van der Waals surface area contributed by atoms with Gasteiger partial charge in [0, 0.05) is 45.2 Å². The number of amides is 1. The van der Waals surface area contributed by atoms with Gasteiger partial charge in [-0.05, 0) is 57.2 Å². The lowest BCUT2D eigenvalue weighted by Gasteiger charge is -2.45. The van der Waals surface area contributed by atoms with Crippen LogP contribution in [0, 0.1) is 0 Å². The van der Waals surface area contributed by atoms with Crippen molar-refractivity contribution < 1.29 is 4.79 Å². The van der Waals surface area contributed by atoms with E-state index >= 15 is 0 Å². The summed E-state index contributed by atoms with van der Waals surface area (Å²) in [6.07, 6.45) is 7.71. The molecule has 2 fully saturated rings. The van der Waals surface area contributed by atoms with Gasteiger partial charge in [0.2, 0.25) is 5.91 Å². The first-order valence-corrected chi connectivity index (χ1v) is 9.79. The molecule has 1 aromatic rings. The SMILES string of the molecule is CN(CCN1CCCCC1=O)C1CN(c2cc3c(nn2)CCCC3)C1. The Balaban J connectivity index is 1.26. The molecule has 136 valence electrons. The quantitative estimate of drug-likeness (QED) is 0.811. The highest BCUT2D eigenvalue weighted by Crippen LogP contribution is 2.26. The Morgan fingerprint density at radius 2 is 1.92 bits per heavy atom. The van der Waals surface area contributed by atoms with Crippen LogP contribution in [0.25, 0.3) is 0 Å². The highest BCUT2D eigenvalue weighted by Gasteiger charge is 2.32. The molecule has 6 heteroatoms. The van der Waals surface area contributed by atoms with E-state index < -0.39 is 0 Å². The minimum absolute atomic E-state index is 0.333. The van der Waals surface area contributed by atoms with Crippen LogP contribution in [0.1, 0.15) is 43.4 Å². The van der Waals surface area contributed by atoms with Gasteiger partial charge < -0.3 is 9.80 Å². The summed E-state index contributed by atoms with van der Waals surface area (Å²) in [5.41, 5.74) is 2.60. The second-order valence-corrected chi connectivity index (χ2v) is 7.76. The molecule has 0 saturated carbocycles. The summed E-state index contributed by atoms with van der Waals surface area (Å²) in [5.74, 6) is 1.37. The summed E-state index contributed by atoms with van der Waals surface area (Å²) < 4.78 is 0. The Kier molecular flexibility index (Phi) is 4.88. The molecule has 0 spiro atoms. The molecule has 0 unspecified atom stereocenters. The number of fused-ring (bicyclic) bond motifs is 1. The maximum atomic E-state index is 11.9. The van der Waals surface area contributed by atoms with Gasteiger partial charge in [-0.15, -0.1) is 5.10 Å². The highest BCUT2D eigenvalue weighted by atomic mass is 16.2. The van der Waals surface area contributed by atoms with Crippen molar-refractivity contribution >= 4 is 11.7 Å². The van der Waals surface area contributed by atoms with E-state index in [1.165, 1.54) is 24.1 Å². The van der Waals surface area contributed by atoms with Crippen LogP contribution in [-0.2, 0) is 17.6 Å². The smallest absolute Gasteiger partial charge is 0.222 e. The van der Waals surface area contributed by atoms with Gasteiger partial charge in [-0.25, -0.2) is 0 Å². The normalized spacial score (nSPS) is 21.4. The second-order valence-electron chi connectivity index (χ2n) is 7.76. The van der Waals surface area contributed by atoms with Crippen molar-refractivity contribution in [1.29, 1.82) is 0 Å². The standard InChI is InChI=1S/C19H29N5O/c1-22(10-11-23-9-5-4-8-19(23)25)16-13-24(14-16)18-12-15-6-2-3-7-17(15)20-21-18/h12,16H,2-11,13-14H2,1H3. The van der Waals surface area contributed by atoms with E-state index in [1.54, 1.807) is 0 Å². The minimum atomic E-state index is 0.333. The number of anilines is 1. The van der Waals surface area contributed by atoms with Gasteiger partial charge in [-0.3, -0.25) is 9.69 Å². The third kappa shape index (κ3) is 3.64. The number of likely N-dealkylation sites (tertiary alicyclic amines) is 1. The molecule has 0 radical (unpaired) electrons. The van der Waals surface area contributed by atoms with Crippen LogP contribution in [0.15, 0.2) is 6.07 Å². The number of hydrogen-bond donors (Lipinski definition) is 0. The Labute approximate surface area is 150 Å². The van der Waals surface area contributed by atoms with E-state index in [1.807, 2.05) is 4.90 Å². The molecule has 1 amide bonds. The maximum absolute atomic E-state index is 11.9. The molecule has 2 aliphatic heterocycles. The Hall–Kier alpha value is -1.69. The lowest BCUT2D eigenvalue weighted by Crippen LogP contribution is -2.59. The number of piperidine rings is 1. The van der Waals surface area contributed by atoms with E-state index in [2.05, 4.69) is 33.1 Å². The number of carbonyl (C=O) groups is 1. The van der Waals surface area contributed by atoms with Crippen molar-refractivity contribution in [2.75, 3.05) is 44.7 Å². The molecular formula is C19H29N5O. The van der Waals surface area contributed by atoms with Gasteiger partial charge in [0.15, 0.2) is 5.82 Å². The fourth-order valence-corrected chi connectivity index (χ4v) is 4.11. The topological polar surface area (TPSA) is 52.6 Å². The van der Waals surface area contributed by atoms with Crippen LogP contribution in [0.5, 0.6) is 0 Å². The predicted octanol–water partition coefficient (Wildman–Crippen LogP) is 1.49. The number of likely N-dealkylation sites (N-methyl/N-ethyl adjacent to an activating group) is 1. The van der Waals surface area contributed by atoms with E-state index in [-0.39, 0.29) is 0 Å². The number of carbonyl (C=O) groups excluding carboxylic acids is 1. The largest absolute Gasteiger partial charge is 0.352 e. The Morgan fingerprint density at radius 1 is 1.12 bits per heavy atom. The molecule has 25 heavy (non-hydrogen) atoms. The van der Waals surface area contributed by atoms with Crippen LogP contribution in [0.3, 0.4) is 0 Å². The fourth-order valence-electron chi connectivity index (χ4n) is 4.11. The molecule has 0 N–H and O–H groups in total. The first-order chi connectivity index (χ1) is 12.2. The minimum Gasteiger partial charge on any atom is -0.352 e. The fraction of sp³-hybridized carbons (Fsp3) is 0.737.